The molecule has 1 saturated heterocycles. The standard InChI is InChI=1S/C14H16N2OS/c17-13-11-7-4-8-12(11)16(14(18)15-13)9-10-5-2-1-3-6-10/h1-3,5-6,11-12H,4,7-9H2,(H,15,17,18)/t11-,12+/m1/s1. The average Bonchev–Trinajstić information content (AvgIpc) is 2.85. The van der Waals surface area contributed by atoms with E-state index in [4.69, 9.17) is 12.2 Å². The summed E-state index contributed by atoms with van der Waals surface area (Å²) in [5.41, 5.74) is 1.24. The molecule has 1 N–H and O–H groups in total. The number of amides is 1. The monoisotopic (exact) mass is 260 g/mol. The van der Waals surface area contributed by atoms with Crippen molar-refractivity contribution >= 4 is 23.2 Å². The molecular formula is C14H16N2OS. The summed E-state index contributed by atoms with van der Waals surface area (Å²) in [7, 11) is 0. The van der Waals surface area contributed by atoms with Gasteiger partial charge < -0.3 is 10.2 Å². The number of hydrogen-bond donors (Lipinski definition) is 1. The van der Waals surface area contributed by atoms with E-state index in [-0.39, 0.29) is 11.8 Å². The Bertz CT molecular complexity index is 474. The second-order valence-electron chi connectivity index (χ2n) is 5.01. The van der Waals surface area contributed by atoms with Crippen LogP contribution in [0.5, 0.6) is 0 Å². The minimum Gasteiger partial charge on any atom is -0.341 e. The van der Waals surface area contributed by atoms with Gasteiger partial charge in [0.1, 0.15) is 0 Å². The van der Waals surface area contributed by atoms with Gasteiger partial charge in [-0.05, 0) is 30.6 Å². The van der Waals surface area contributed by atoms with E-state index in [1.165, 1.54) is 5.56 Å². The smallest absolute Gasteiger partial charge is 0.231 e. The number of nitrogens with zero attached hydrogens (tertiary/aromatic N) is 1. The van der Waals surface area contributed by atoms with Gasteiger partial charge in [-0.2, -0.15) is 0 Å². The first-order valence-corrected chi connectivity index (χ1v) is 6.82. The van der Waals surface area contributed by atoms with Crippen LogP contribution in [0.2, 0.25) is 0 Å². The van der Waals surface area contributed by atoms with Crippen molar-refractivity contribution in [1.29, 1.82) is 0 Å². The van der Waals surface area contributed by atoms with Crippen molar-refractivity contribution in [3.05, 3.63) is 35.9 Å². The molecule has 1 aromatic carbocycles. The summed E-state index contributed by atoms with van der Waals surface area (Å²) in [5.74, 6) is 0.243. The zero-order valence-corrected chi connectivity index (χ0v) is 11.0. The van der Waals surface area contributed by atoms with E-state index in [0.29, 0.717) is 11.2 Å². The van der Waals surface area contributed by atoms with E-state index in [0.717, 1.165) is 25.8 Å². The molecule has 2 fully saturated rings. The zero-order chi connectivity index (χ0) is 12.5. The average molecular weight is 260 g/mol. The van der Waals surface area contributed by atoms with Crippen molar-refractivity contribution in [3.8, 4) is 0 Å². The lowest BCUT2D eigenvalue weighted by Gasteiger charge is -2.39. The number of thiocarbonyl (C=S) groups is 1. The van der Waals surface area contributed by atoms with Gasteiger partial charge in [0.25, 0.3) is 0 Å². The fourth-order valence-electron chi connectivity index (χ4n) is 3.01. The lowest BCUT2D eigenvalue weighted by atomic mass is 9.98. The lowest BCUT2D eigenvalue weighted by molar-refractivity contribution is -0.126. The second kappa shape index (κ2) is 4.69. The van der Waals surface area contributed by atoms with Gasteiger partial charge in [0.15, 0.2) is 5.11 Å². The van der Waals surface area contributed by atoms with Gasteiger partial charge in [-0.1, -0.05) is 36.8 Å². The maximum atomic E-state index is 11.9. The number of nitrogens with one attached hydrogen (secondary N) is 1. The minimum atomic E-state index is 0.117. The molecule has 0 spiro atoms. The lowest BCUT2D eigenvalue weighted by Crippen LogP contribution is -2.57. The van der Waals surface area contributed by atoms with Crippen LogP contribution in [0.15, 0.2) is 30.3 Å². The van der Waals surface area contributed by atoms with E-state index < -0.39 is 0 Å². The highest BCUT2D eigenvalue weighted by atomic mass is 32.1. The Morgan fingerprint density at radius 3 is 2.83 bits per heavy atom. The number of rotatable bonds is 2. The number of fused-ring (bicyclic) bond motifs is 1. The molecule has 94 valence electrons. The Kier molecular flexibility index (Phi) is 3.04. The molecule has 1 aliphatic heterocycles. The van der Waals surface area contributed by atoms with Crippen molar-refractivity contribution in [2.45, 2.75) is 31.8 Å². The van der Waals surface area contributed by atoms with E-state index in [1.807, 2.05) is 18.2 Å². The first-order valence-electron chi connectivity index (χ1n) is 6.41. The molecule has 0 bridgehead atoms. The molecule has 1 saturated carbocycles. The Balaban J connectivity index is 1.82. The van der Waals surface area contributed by atoms with E-state index in [2.05, 4.69) is 22.3 Å². The van der Waals surface area contributed by atoms with Crippen molar-refractivity contribution < 1.29 is 4.79 Å². The third kappa shape index (κ3) is 2.01. The van der Waals surface area contributed by atoms with Crippen molar-refractivity contribution in [2.75, 3.05) is 0 Å². The molecule has 1 aromatic rings. The van der Waals surface area contributed by atoms with Crippen LogP contribution in [0.4, 0.5) is 0 Å². The molecular weight excluding hydrogens is 244 g/mol. The third-order valence-electron chi connectivity index (χ3n) is 3.90. The third-order valence-corrected chi connectivity index (χ3v) is 4.24. The maximum Gasteiger partial charge on any atom is 0.231 e. The summed E-state index contributed by atoms with van der Waals surface area (Å²) in [6.07, 6.45) is 3.19. The first-order chi connectivity index (χ1) is 8.75. The molecule has 1 aliphatic carbocycles. The Labute approximate surface area is 112 Å². The van der Waals surface area contributed by atoms with Gasteiger partial charge in [-0.25, -0.2) is 0 Å². The Morgan fingerprint density at radius 2 is 2.06 bits per heavy atom. The molecule has 2 atom stereocenters. The molecule has 2 aliphatic rings. The topological polar surface area (TPSA) is 32.3 Å². The Hall–Kier alpha value is -1.42. The number of hydrogen-bond acceptors (Lipinski definition) is 2. The first kappa shape index (κ1) is 11.7. The van der Waals surface area contributed by atoms with Gasteiger partial charge in [0, 0.05) is 12.6 Å². The van der Waals surface area contributed by atoms with Gasteiger partial charge >= 0.3 is 0 Å². The van der Waals surface area contributed by atoms with Crippen LogP contribution in [-0.4, -0.2) is 22.0 Å². The van der Waals surface area contributed by atoms with Gasteiger partial charge in [0.05, 0.1) is 5.92 Å². The maximum absolute atomic E-state index is 11.9. The molecule has 0 unspecified atom stereocenters. The van der Waals surface area contributed by atoms with Gasteiger partial charge in [-0.3, -0.25) is 4.79 Å². The van der Waals surface area contributed by atoms with Crippen molar-refractivity contribution in [2.24, 2.45) is 5.92 Å². The summed E-state index contributed by atoms with van der Waals surface area (Å²) in [5, 5.41) is 3.43. The van der Waals surface area contributed by atoms with Crippen molar-refractivity contribution in [1.82, 2.24) is 10.2 Å². The predicted octanol–water partition coefficient (Wildman–Crippen LogP) is 2.07. The van der Waals surface area contributed by atoms with E-state index in [9.17, 15) is 4.79 Å². The van der Waals surface area contributed by atoms with Crippen LogP contribution in [-0.2, 0) is 11.3 Å². The van der Waals surface area contributed by atoms with Gasteiger partial charge in [-0.15, -0.1) is 0 Å². The SMILES string of the molecule is O=C1NC(=S)N(Cc2ccccc2)[C@H]2CCC[C@@H]12. The molecule has 0 aromatic heterocycles. The molecule has 0 radical (unpaired) electrons. The second-order valence-corrected chi connectivity index (χ2v) is 5.40. The molecule has 3 rings (SSSR count). The molecule has 4 heteroatoms. The summed E-state index contributed by atoms with van der Waals surface area (Å²) in [6.45, 7) is 0.793. The molecule has 1 amide bonds. The number of benzene rings is 1. The predicted molar refractivity (Wildman–Crippen MR) is 73.9 cm³/mol. The minimum absolute atomic E-state index is 0.117. The van der Waals surface area contributed by atoms with Crippen molar-refractivity contribution in [3.63, 3.8) is 0 Å². The zero-order valence-electron chi connectivity index (χ0n) is 10.1. The fourth-order valence-corrected chi connectivity index (χ4v) is 3.31. The van der Waals surface area contributed by atoms with Crippen LogP contribution in [0.3, 0.4) is 0 Å². The Morgan fingerprint density at radius 1 is 1.28 bits per heavy atom. The quantitative estimate of drug-likeness (QED) is 0.826. The van der Waals surface area contributed by atoms with Crippen LogP contribution < -0.4 is 5.32 Å². The highest BCUT2D eigenvalue weighted by molar-refractivity contribution is 7.80. The van der Waals surface area contributed by atoms with Crippen LogP contribution in [0, 0.1) is 5.92 Å². The summed E-state index contributed by atoms with van der Waals surface area (Å²) in [6, 6.07) is 10.6. The van der Waals surface area contributed by atoms with E-state index >= 15 is 0 Å². The summed E-state index contributed by atoms with van der Waals surface area (Å²) < 4.78 is 0. The summed E-state index contributed by atoms with van der Waals surface area (Å²) >= 11 is 5.32. The van der Waals surface area contributed by atoms with Crippen LogP contribution in [0.1, 0.15) is 24.8 Å². The molecule has 1 heterocycles. The number of carbonyl (C=O) groups is 1. The molecule has 18 heavy (non-hydrogen) atoms. The highest BCUT2D eigenvalue weighted by Gasteiger charge is 2.42. The molecule has 3 nitrogen and oxygen atoms in total. The number of carbonyl (C=O) groups excluding carboxylic acids is 1. The largest absolute Gasteiger partial charge is 0.341 e. The van der Waals surface area contributed by atoms with Crippen LogP contribution >= 0.6 is 12.2 Å². The fraction of sp³-hybridized carbons (Fsp3) is 0.429. The van der Waals surface area contributed by atoms with Gasteiger partial charge in [0.2, 0.25) is 5.91 Å². The normalized spacial score (nSPS) is 27.0. The highest BCUT2D eigenvalue weighted by Crippen LogP contribution is 2.33. The summed E-state index contributed by atoms with van der Waals surface area (Å²) in [4.78, 5) is 14.0. The van der Waals surface area contributed by atoms with Crippen LogP contribution in [0.25, 0.3) is 0 Å². The van der Waals surface area contributed by atoms with E-state index in [1.54, 1.807) is 0 Å².